The van der Waals surface area contributed by atoms with Gasteiger partial charge in [-0.2, -0.15) is 0 Å². The molecule has 0 aliphatic carbocycles. The van der Waals surface area contributed by atoms with E-state index in [1.807, 2.05) is 158 Å². The molecule has 0 bridgehead atoms. The molecule has 2 amide bonds. The first-order chi connectivity index (χ1) is 20.7. The van der Waals surface area contributed by atoms with E-state index >= 15 is 0 Å². The molecule has 42 heavy (non-hydrogen) atoms. The fraction of sp³-hybridized carbons (Fsp3) is 0. The average Bonchev–Trinajstić information content (AvgIpc) is 3.06. The Balaban J connectivity index is 1.21. The van der Waals surface area contributed by atoms with Crippen LogP contribution in [-0.2, 0) is 0 Å². The van der Waals surface area contributed by atoms with E-state index < -0.39 is 0 Å². The van der Waals surface area contributed by atoms with E-state index in [-0.39, 0.29) is 11.8 Å². The maximum absolute atomic E-state index is 13.2. The zero-order chi connectivity index (χ0) is 28.7. The number of nitrogens with one attached hydrogen (secondary N) is 2. The summed E-state index contributed by atoms with van der Waals surface area (Å²) in [7, 11) is 0. The monoisotopic (exact) mass is 544 g/mol. The summed E-state index contributed by atoms with van der Waals surface area (Å²) in [5.74, 6) is -0.413. The molecule has 0 saturated carbocycles. The molecule has 0 aliphatic rings. The topological polar surface area (TPSA) is 58.2 Å². The molecule has 4 heteroatoms. The number of carbonyl (C=O) groups is 2. The third kappa shape index (κ3) is 5.88. The lowest BCUT2D eigenvalue weighted by molar-refractivity contribution is 0.101. The molecule has 0 fully saturated rings. The molecular weight excluding hydrogens is 516 g/mol. The normalized spacial score (nSPS) is 10.6. The number of benzene rings is 6. The van der Waals surface area contributed by atoms with Crippen LogP contribution in [0.25, 0.3) is 33.4 Å². The van der Waals surface area contributed by atoms with E-state index in [0.717, 1.165) is 33.4 Å². The van der Waals surface area contributed by atoms with E-state index in [2.05, 4.69) is 10.6 Å². The van der Waals surface area contributed by atoms with Crippen LogP contribution in [0.1, 0.15) is 20.7 Å². The second kappa shape index (κ2) is 12.2. The highest BCUT2D eigenvalue weighted by molar-refractivity contribution is 6.09. The molecule has 6 aromatic rings. The molecule has 6 aromatic carbocycles. The summed E-state index contributed by atoms with van der Waals surface area (Å²) in [5, 5.41) is 6.13. The van der Waals surface area contributed by atoms with E-state index in [0.29, 0.717) is 22.5 Å². The van der Waals surface area contributed by atoms with Crippen LogP contribution in [0.2, 0.25) is 0 Å². The van der Waals surface area contributed by atoms with Gasteiger partial charge in [0.05, 0.1) is 0 Å². The third-order valence-electron chi connectivity index (χ3n) is 7.15. The van der Waals surface area contributed by atoms with Crippen molar-refractivity contribution in [1.29, 1.82) is 0 Å². The largest absolute Gasteiger partial charge is 0.321 e. The summed E-state index contributed by atoms with van der Waals surface area (Å²) in [4.78, 5) is 26.5. The summed E-state index contributed by atoms with van der Waals surface area (Å²) in [6.07, 6.45) is 0. The van der Waals surface area contributed by atoms with E-state index in [1.165, 1.54) is 0 Å². The van der Waals surface area contributed by atoms with Crippen LogP contribution >= 0.6 is 0 Å². The molecule has 2 N–H and O–H groups in total. The second-order valence-electron chi connectivity index (χ2n) is 9.89. The van der Waals surface area contributed by atoms with E-state index in [4.69, 9.17) is 0 Å². The van der Waals surface area contributed by atoms with Crippen LogP contribution in [0.15, 0.2) is 158 Å². The summed E-state index contributed by atoms with van der Waals surface area (Å²) >= 11 is 0. The van der Waals surface area contributed by atoms with Gasteiger partial charge in [0.15, 0.2) is 0 Å². The molecule has 0 saturated heterocycles. The Morgan fingerprint density at radius 1 is 0.333 bits per heavy atom. The molecule has 4 nitrogen and oxygen atoms in total. The molecule has 0 heterocycles. The van der Waals surface area contributed by atoms with Crippen molar-refractivity contribution < 1.29 is 9.59 Å². The van der Waals surface area contributed by atoms with Gasteiger partial charge in [0.2, 0.25) is 0 Å². The number of carbonyl (C=O) groups excluding carboxylic acids is 2. The molecular formula is C38H28N2O2. The van der Waals surface area contributed by atoms with Crippen molar-refractivity contribution in [2.24, 2.45) is 0 Å². The third-order valence-corrected chi connectivity index (χ3v) is 7.15. The number of para-hydroxylation sites is 2. The Morgan fingerprint density at radius 2 is 0.643 bits per heavy atom. The first kappa shape index (κ1) is 26.5. The van der Waals surface area contributed by atoms with E-state index in [1.54, 1.807) is 0 Å². The van der Waals surface area contributed by atoms with Crippen LogP contribution in [0.5, 0.6) is 0 Å². The molecule has 202 valence electrons. The van der Waals surface area contributed by atoms with Gasteiger partial charge in [-0.25, -0.2) is 0 Å². The molecule has 0 aliphatic heterocycles. The van der Waals surface area contributed by atoms with Crippen molar-refractivity contribution in [1.82, 2.24) is 0 Å². The molecule has 0 unspecified atom stereocenters. The molecule has 0 aromatic heterocycles. The highest BCUT2D eigenvalue weighted by Gasteiger charge is 2.15. The smallest absolute Gasteiger partial charge is 0.255 e. The number of hydrogen-bond donors (Lipinski definition) is 2. The first-order valence-corrected chi connectivity index (χ1v) is 13.8. The summed E-state index contributed by atoms with van der Waals surface area (Å²) in [6.45, 7) is 0. The summed E-state index contributed by atoms with van der Waals surface area (Å²) in [5.41, 5.74) is 8.34. The standard InChI is InChI=1S/C38H28N2O2/c41-37(31-23-19-29(20-24-31)27-11-3-1-4-12-27)39-35-17-9-7-15-33(35)34-16-8-10-18-36(34)40-38(42)32-25-21-30(22-26-32)28-13-5-2-6-14-28/h1-26H,(H,39,41)(H,40,42). The number of rotatable bonds is 7. The highest BCUT2D eigenvalue weighted by Crippen LogP contribution is 2.34. The van der Waals surface area contributed by atoms with Crippen LogP contribution < -0.4 is 10.6 Å². The quantitative estimate of drug-likeness (QED) is 0.210. The number of amides is 2. The van der Waals surface area contributed by atoms with Gasteiger partial charge in [-0.3, -0.25) is 9.59 Å². The lowest BCUT2D eigenvalue weighted by Gasteiger charge is -2.16. The van der Waals surface area contributed by atoms with Crippen molar-refractivity contribution in [2.45, 2.75) is 0 Å². The highest BCUT2D eigenvalue weighted by atomic mass is 16.2. The lowest BCUT2D eigenvalue weighted by atomic mass is 10.0. The van der Waals surface area contributed by atoms with Gasteiger partial charge in [-0.05, 0) is 58.7 Å². The summed E-state index contributed by atoms with van der Waals surface area (Å²) in [6, 6.07) is 50.5. The minimum Gasteiger partial charge on any atom is -0.321 e. The second-order valence-corrected chi connectivity index (χ2v) is 9.89. The Labute approximate surface area is 245 Å². The number of hydrogen-bond acceptors (Lipinski definition) is 2. The van der Waals surface area contributed by atoms with Crippen LogP contribution in [-0.4, -0.2) is 11.8 Å². The van der Waals surface area contributed by atoms with Gasteiger partial charge in [0, 0.05) is 33.6 Å². The predicted octanol–water partition coefficient (Wildman–Crippen LogP) is 9.19. The minimum absolute atomic E-state index is 0.206. The van der Waals surface area contributed by atoms with Crippen molar-refractivity contribution >= 4 is 23.2 Å². The molecule has 0 radical (unpaired) electrons. The van der Waals surface area contributed by atoms with Crippen LogP contribution in [0.3, 0.4) is 0 Å². The zero-order valence-corrected chi connectivity index (χ0v) is 22.8. The van der Waals surface area contributed by atoms with Crippen LogP contribution in [0, 0.1) is 0 Å². The van der Waals surface area contributed by atoms with Crippen molar-refractivity contribution in [3.05, 3.63) is 169 Å². The van der Waals surface area contributed by atoms with Crippen molar-refractivity contribution in [3.63, 3.8) is 0 Å². The zero-order valence-electron chi connectivity index (χ0n) is 22.8. The average molecular weight is 545 g/mol. The maximum Gasteiger partial charge on any atom is 0.255 e. The summed E-state index contributed by atoms with van der Waals surface area (Å²) < 4.78 is 0. The van der Waals surface area contributed by atoms with Gasteiger partial charge in [-0.1, -0.05) is 121 Å². The van der Waals surface area contributed by atoms with Crippen LogP contribution in [0.4, 0.5) is 11.4 Å². The minimum atomic E-state index is -0.206. The Bertz CT molecular complexity index is 1690. The van der Waals surface area contributed by atoms with Gasteiger partial charge in [-0.15, -0.1) is 0 Å². The fourth-order valence-corrected chi connectivity index (χ4v) is 4.93. The van der Waals surface area contributed by atoms with E-state index in [9.17, 15) is 9.59 Å². The Kier molecular flexibility index (Phi) is 7.69. The van der Waals surface area contributed by atoms with Gasteiger partial charge >= 0.3 is 0 Å². The maximum atomic E-state index is 13.2. The number of anilines is 2. The Hall–Kier alpha value is -5.74. The van der Waals surface area contributed by atoms with Gasteiger partial charge < -0.3 is 10.6 Å². The SMILES string of the molecule is O=C(Nc1ccccc1-c1ccccc1NC(=O)c1ccc(-c2ccccc2)cc1)c1ccc(-c2ccccc2)cc1. The fourth-order valence-electron chi connectivity index (χ4n) is 4.93. The molecule has 0 spiro atoms. The Morgan fingerprint density at radius 3 is 1.02 bits per heavy atom. The van der Waals surface area contributed by atoms with Gasteiger partial charge in [0.25, 0.3) is 11.8 Å². The van der Waals surface area contributed by atoms with Crippen molar-refractivity contribution in [2.75, 3.05) is 10.6 Å². The molecule has 6 rings (SSSR count). The lowest BCUT2D eigenvalue weighted by Crippen LogP contribution is -2.14. The predicted molar refractivity (Wildman–Crippen MR) is 172 cm³/mol. The first-order valence-electron chi connectivity index (χ1n) is 13.8. The van der Waals surface area contributed by atoms with Gasteiger partial charge in [0.1, 0.15) is 0 Å². The molecule has 0 atom stereocenters. The van der Waals surface area contributed by atoms with Crippen molar-refractivity contribution in [3.8, 4) is 33.4 Å².